The Hall–Kier alpha value is -1.60. The minimum atomic E-state index is -0.439. The van der Waals surface area contributed by atoms with Gasteiger partial charge in [0.2, 0.25) is 0 Å². The number of nitrogens with zero attached hydrogens (tertiary/aromatic N) is 3. The quantitative estimate of drug-likeness (QED) is 0.819. The summed E-state index contributed by atoms with van der Waals surface area (Å²) in [6.07, 6.45) is 1.19. The fourth-order valence-corrected chi connectivity index (χ4v) is 2.50. The van der Waals surface area contributed by atoms with E-state index < -0.39 is 5.82 Å². The molecule has 18 heavy (non-hydrogen) atoms. The molecule has 0 saturated carbocycles. The average molecular weight is 247 g/mol. The molecule has 3 nitrogen and oxygen atoms in total. The van der Waals surface area contributed by atoms with Crippen LogP contribution in [0.3, 0.4) is 0 Å². The lowest BCUT2D eigenvalue weighted by Gasteiger charge is -2.23. The van der Waals surface area contributed by atoms with E-state index in [0.717, 1.165) is 25.3 Å². The smallest absolute Gasteiger partial charge is 0.143 e. The molecule has 1 heterocycles. The van der Waals surface area contributed by atoms with Crippen LogP contribution in [0.15, 0.2) is 18.2 Å². The van der Waals surface area contributed by atoms with Gasteiger partial charge in [-0.15, -0.1) is 0 Å². The minimum absolute atomic E-state index is 0.104. The number of halogens is 1. The van der Waals surface area contributed by atoms with E-state index >= 15 is 0 Å². The van der Waals surface area contributed by atoms with Crippen LogP contribution in [0.25, 0.3) is 0 Å². The molecule has 0 aromatic heterocycles. The normalized spacial score (nSPS) is 19.8. The van der Waals surface area contributed by atoms with Gasteiger partial charge in [0.25, 0.3) is 0 Å². The maximum atomic E-state index is 13.5. The van der Waals surface area contributed by atoms with Crippen molar-refractivity contribution in [2.75, 3.05) is 38.6 Å². The van der Waals surface area contributed by atoms with E-state index in [0.29, 0.717) is 5.92 Å². The zero-order valence-electron chi connectivity index (χ0n) is 10.9. The van der Waals surface area contributed by atoms with Gasteiger partial charge in [0.05, 0.1) is 5.56 Å². The first-order valence-corrected chi connectivity index (χ1v) is 6.19. The van der Waals surface area contributed by atoms with E-state index in [1.54, 1.807) is 12.1 Å². The van der Waals surface area contributed by atoms with Gasteiger partial charge < -0.3 is 9.80 Å². The fraction of sp³-hybridized carbons (Fsp3) is 0.500. The van der Waals surface area contributed by atoms with Crippen LogP contribution >= 0.6 is 0 Å². The summed E-state index contributed by atoms with van der Waals surface area (Å²) in [7, 11) is 4.10. The van der Waals surface area contributed by atoms with Gasteiger partial charge in [-0.1, -0.05) is 0 Å². The molecule has 0 aliphatic carbocycles. The second kappa shape index (κ2) is 5.36. The molecule has 1 atom stereocenters. The maximum Gasteiger partial charge on any atom is 0.143 e. The first-order valence-electron chi connectivity index (χ1n) is 6.19. The number of benzene rings is 1. The molecule has 96 valence electrons. The van der Waals surface area contributed by atoms with Crippen molar-refractivity contribution in [2.45, 2.75) is 6.42 Å². The van der Waals surface area contributed by atoms with Crippen LogP contribution in [0.4, 0.5) is 10.1 Å². The Morgan fingerprint density at radius 2 is 2.33 bits per heavy atom. The summed E-state index contributed by atoms with van der Waals surface area (Å²) in [5.41, 5.74) is 0.939. The first-order chi connectivity index (χ1) is 8.60. The Morgan fingerprint density at radius 3 is 2.89 bits per heavy atom. The van der Waals surface area contributed by atoms with Crippen LogP contribution in [-0.2, 0) is 0 Å². The van der Waals surface area contributed by atoms with Crippen molar-refractivity contribution in [3.05, 3.63) is 29.6 Å². The summed E-state index contributed by atoms with van der Waals surface area (Å²) < 4.78 is 13.5. The highest BCUT2D eigenvalue weighted by Gasteiger charge is 2.21. The van der Waals surface area contributed by atoms with Crippen molar-refractivity contribution in [2.24, 2.45) is 5.92 Å². The zero-order chi connectivity index (χ0) is 13.1. The predicted octanol–water partition coefficient (Wildman–Crippen LogP) is 2.09. The monoisotopic (exact) mass is 247 g/mol. The third-order valence-electron chi connectivity index (χ3n) is 3.53. The standard InChI is InChI=1S/C14H18FN3/c1-17-6-5-11(9-17)10-18(2)13-4-3-12(8-16)14(15)7-13/h3-4,7,11H,5-6,9-10H2,1-2H3. The maximum absolute atomic E-state index is 13.5. The first kappa shape index (κ1) is 12.8. The topological polar surface area (TPSA) is 30.3 Å². The van der Waals surface area contributed by atoms with E-state index in [4.69, 9.17) is 5.26 Å². The van der Waals surface area contributed by atoms with Gasteiger partial charge in [-0.3, -0.25) is 0 Å². The largest absolute Gasteiger partial charge is 0.374 e. The van der Waals surface area contributed by atoms with Gasteiger partial charge in [0, 0.05) is 25.8 Å². The Kier molecular flexibility index (Phi) is 3.83. The van der Waals surface area contributed by atoms with Crippen LogP contribution in [-0.4, -0.2) is 38.6 Å². The molecule has 1 fully saturated rings. The Labute approximate surface area is 107 Å². The minimum Gasteiger partial charge on any atom is -0.374 e. The lowest BCUT2D eigenvalue weighted by molar-refractivity contribution is 0.396. The van der Waals surface area contributed by atoms with Crippen LogP contribution in [0.1, 0.15) is 12.0 Å². The molecule has 0 radical (unpaired) electrons. The van der Waals surface area contributed by atoms with Crippen molar-refractivity contribution in [1.82, 2.24) is 4.90 Å². The molecule has 1 unspecified atom stereocenters. The number of hydrogen-bond acceptors (Lipinski definition) is 3. The second-order valence-electron chi connectivity index (χ2n) is 5.07. The molecule has 1 saturated heterocycles. The molecule has 0 N–H and O–H groups in total. The fourth-order valence-electron chi connectivity index (χ4n) is 2.50. The molecule has 2 rings (SSSR count). The summed E-state index contributed by atoms with van der Waals surface area (Å²) in [4.78, 5) is 4.38. The lowest BCUT2D eigenvalue weighted by Crippen LogP contribution is -2.27. The van der Waals surface area contributed by atoms with E-state index in [1.807, 2.05) is 13.1 Å². The number of hydrogen-bond donors (Lipinski definition) is 0. The average Bonchev–Trinajstić information content (AvgIpc) is 2.74. The Bertz CT molecular complexity index is 467. The van der Waals surface area contributed by atoms with Crippen molar-refractivity contribution >= 4 is 5.69 Å². The molecular formula is C14H18FN3. The molecule has 1 aromatic rings. The van der Waals surface area contributed by atoms with Crippen LogP contribution < -0.4 is 4.90 Å². The van der Waals surface area contributed by atoms with Crippen LogP contribution in [0.2, 0.25) is 0 Å². The summed E-state index contributed by atoms with van der Waals surface area (Å²) in [5.74, 6) is 0.198. The Morgan fingerprint density at radius 1 is 1.56 bits per heavy atom. The molecule has 0 bridgehead atoms. The highest BCUT2D eigenvalue weighted by atomic mass is 19.1. The van der Waals surface area contributed by atoms with Gasteiger partial charge in [0.1, 0.15) is 11.9 Å². The number of rotatable bonds is 3. The molecule has 4 heteroatoms. The number of anilines is 1. The van der Waals surface area contributed by atoms with Gasteiger partial charge >= 0.3 is 0 Å². The van der Waals surface area contributed by atoms with Crippen LogP contribution in [0, 0.1) is 23.1 Å². The van der Waals surface area contributed by atoms with E-state index in [1.165, 1.54) is 12.5 Å². The lowest BCUT2D eigenvalue weighted by atomic mass is 10.1. The van der Waals surface area contributed by atoms with Gasteiger partial charge in [-0.2, -0.15) is 5.26 Å². The summed E-state index contributed by atoms with van der Waals surface area (Å²) in [5, 5.41) is 8.70. The van der Waals surface area contributed by atoms with Gasteiger partial charge in [0.15, 0.2) is 0 Å². The van der Waals surface area contributed by atoms with E-state index in [9.17, 15) is 4.39 Å². The molecule has 1 aromatic carbocycles. The van der Waals surface area contributed by atoms with Gasteiger partial charge in [-0.25, -0.2) is 4.39 Å². The SMILES string of the molecule is CN1CCC(CN(C)c2ccc(C#N)c(F)c2)C1. The third-order valence-corrected chi connectivity index (χ3v) is 3.53. The summed E-state index contributed by atoms with van der Waals surface area (Å²) >= 11 is 0. The van der Waals surface area contributed by atoms with Crippen LogP contribution in [0.5, 0.6) is 0 Å². The van der Waals surface area contributed by atoms with Crippen molar-refractivity contribution < 1.29 is 4.39 Å². The zero-order valence-corrected chi connectivity index (χ0v) is 10.9. The third kappa shape index (κ3) is 2.80. The number of likely N-dealkylation sites (tertiary alicyclic amines) is 1. The summed E-state index contributed by atoms with van der Waals surface area (Å²) in [6, 6.07) is 6.63. The highest BCUT2D eigenvalue weighted by Crippen LogP contribution is 2.21. The molecule has 0 spiro atoms. The van der Waals surface area contributed by atoms with Crippen molar-refractivity contribution in [3.8, 4) is 6.07 Å². The van der Waals surface area contributed by atoms with E-state index in [2.05, 4.69) is 16.8 Å². The second-order valence-corrected chi connectivity index (χ2v) is 5.07. The Balaban J connectivity index is 2.03. The summed E-state index contributed by atoms with van der Waals surface area (Å²) in [6.45, 7) is 3.17. The highest BCUT2D eigenvalue weighted by molar-refractivity contribution is 5.49. The predicted molar refractivity (Wildman–Crippen MR) is 70.0 cm³/mol. The van der Waals surface area contributed by atoms with Crippen molar-refractivity contribution in [3.63, 3.8) is 0 Å². The molecule has 0 amide bonds. The molecule has 1 aliphatic heterocycles. The molecular weight excluding hydrogens is 229 g/mol. The number of nitriles is 1. The molecule has 1 aliphatic rings. The van der Waals surface area contributed by atoms with E-state index in [-0.39, 0.29) is 5.56 Å². The van der Waals surface area contributed by atoms with Crippen molar-refractivity contribution in [1.29, 1.82) is 5.26 Å². The van der Waals surface area contributed by atoms with Gasteiger partial charge in [-0.05, 0) is 44.1 Å².